The largest absolute Gasteiger partial charge is 0.508 e. The fourth-order valence-electron chi connectivity index (χ4n) is 5.99. The summed E-state index contributed by atoms with van der Waals surface area (Å²) in [4.78, 5) is 22.8. The van der Waals surface area contributed by atoms with E-state index in [-0.39, 0.29) is 23.4 Å². The molecule has 1 aromatic heterocycles. The van der Waals surface area contributed by atoms with Gasteiger partial charge in [-0.1, -0.05) is 49.4 Å². The molecule has 5 rings (SSSR count). The van der Waals surface area contributed by atoms with Crippen molar-refractivity contribution in [3.05, 3.63) is 77.2 Å². The first kappa shape index (κ1) is 20.4. The topological polar surface area (TPSA) is 86.9 Å². The molecule has 0 bridgehead atoms. The summed E-state index contributed by atoms with van der Waals surface area (Å²) in [5.41, 5.74) is 4.25. The summed E-state index contributed by atoms with van der Waals surface area (Å²) >= 11 is 0. The fourth-order valence-corrected chi connectivity index (χ4v) is 5.99. The highest BCUT2D eigenvalue weighted by Gasteiger charge is 2.56. The average molecular weight is 424 g/mol. The quantitative estimate of drug-likeness (QED) is 0.642. The molecule has 2 aliphatic carbocycles. The molecule has 1 unspecified atom stereocenters. The minimum Gasteiger partial charge on any atom is -0.508 e. The normalized spacial score (nSPS) is 26.7. The minimum atomic E-state index is -0.660. The van der Waals surface area contributed by atoms with Gasteiger partial charge in [-0.05, 0) is 49.8 Å². The summed E-state index contributed by atoms with van der Waals surface area (Å²) in [7, 11) is 0. The molecule has 160 valence electrons. The van der Waals surface area contributed by atoms with Gasteiger partial charge in [0.25, 0.3) is 0 Å². The first-order valence-electron chi connectivity index (χ1n) is 11.1. The van der Waals surface area contributed by atoms with Crippen LogP contribution in [0.3, 0.4) is 0 Å². The number of phenols is 1. The molecule has 0 aliphatic heterocycles. The van der Waals surface area contributed by atoms with E-state index in [2.05, 4.69) is 18.2 Å². The second kappa shape index (κ2) is 7.56. The van der Waals surface area contributed by atoms with Gasteiger partial charge >= 0.3 is 0 Å². The standard InChI is InChI=1S/C27H25N3O2/c1-16-23-12-11-22-24(18-7-6-10-21(31)13-18)29-17(2)30-26(22)27(23,14-19(15-28)25(16)32)20-8-4-3-5-9-20/h3-10,13,16,19,23,31H,11-12,14H2,1-2H3/t16-,19?,23-,27-/m0/s1. The molecule has 5 nitrogen and oxygen atoms in total. The summed E-state index contributed by atoms with van der Waals surface area (Å²) in [5, 5.41) is 19.9. The van der Waals surface area contributed by atoms with Gasteiger partial charge in [0.1, 0.15) is 17.5 Å². The highest BCUT2D eigenvalue weighted by molar-refractivity contribution is 5.87. The predicted molar refractivity (Wildman–Crippen MR) is 121 cm³/mol. The number of rotatable bonds is 2. The molecule has 4 atom stereocenters. The Morgan fingerprint density at radius 2 is 1.91 bits per heavy atom. The van der Waals surface area contributed by atoms with Gasteiger partial charge in [-0.3, -0.25) is 4.79 Å². The van der Waals surface area contributed by atoms with Gasteiger partial charge in [-0.15, -0.1) is 0 Å². The maximum atomic E-state index is 13.0. The SMILES string of the molecule is Cc1nc(-c2cccc(O)c2)c2c(n1)[C@]1(c3ccccc3)CC(C#N)C(=O)[C@@H](C)[C@@H]1CC2. The zero-order valence-corrected chi connectivity index (χ0v) is 18.2. The number of Topliss-reactive ketones (excluding diaryl/α,β-unsaturated/α-hetero) is 1. The van der Waals surface area contributed by atoms with E-state index in [4.69, 9.17) is 9.97 Å². The number of nitrogens with zero attached hydrogens (tertiary/aromatic N) is 3. The third kappa shape index (κ3) is 2.94. The Morgan fingerprint density at radius 3 is 2.62 bits per heavy atom. The number of hydrogen-bond donors (Lipinski definition) is 1. The predicted octanol–water partition coefficient (Wildman–Crippen LogP) is 4.75. The minimum absolute atomic E-state index is 0.0477. The Hall–Kier alpha value is -3.52. The summed E-state index contributed by atoms with van der Waals surface area (Å²) in [6, 6.07) is 19.7. The van der Waals surface area contributed by atoms with Gasteiger partial charge in [-0.25, -0.2) is 9.97 Å². The lowest BCUT2D eigenvalue weighted by Crippen LogP contribution is -2.53. The first-order valence-corrected chi connectivity index (χ1v) is 11.1. The summed E-state index contributed by atoms with van der Waals surface area (Å²) < 4.78 is 0. The summed E-state index contributed by atoms with van der Waals surface area (Å²) in [6.07, 6.45) is 2.02. The maximum Gasteiger partial charge on any atom is 0.153 e. The highest BCUT2D eigenvalue weighted by atomic mass is 16.3. The highest BCUT2D eigenvalue weighted by Crippen LogP contribution is 2.56. The molecule has 0 radical (unpaired) electrons. The molecule has 1 fully saturated rings. The van der Waals surface area contributed by atoms with Crippen LogP contribution < -0.4 is 0 Å². The number of aromatic hydroxyl groups is 1. The molecule has 1 N–H and O–H groups in total. The van der Waals surface area contributed by atoms with Crippen LogP contribution in [0.5, 0.6) is 5.75 Å². The van der Waals surface area contributed by atoms with Crippen molar-refractivity contribution in [3.8, 4) is 23.1 Å². The molecule has 0 amide bonds. The molecule has 32 heavy (non-hydrogen) atoms. The molecule has 0 saturated heterocycles. The van der Waals surface area contributed by atoms with Gasteiger partial charge in [0.2, 0.25) is 0 Å². The Kier molecular flexibility index (Phi) is 4.82. The molecule has 1 saturated carbocycles. The fraction of sp³-hybridized carbons (Fsp3) is 0.333. The number of phenolic OH excluding ortho intramolecular Hbond substituents is 1. The van der Waals surface area contributed by atoms with Crippen LogP contribution in [0.1, 0.15) is 42.4 Å². The number of aryl methyl sites for hydroxylation is 1. The van der Waals surface area contributed by atoms with Crippen molar-refractivity contribution in [3.63, 3.8) is 0 Å². The van der Waals surface area contributed by atoms with Crippen molar-refractivity contribution >= 4 is 5.78 Å². The zero-order chi connectivity index (χ0) is 22.5. The lowest BCUT2D eigenvalue weighted by atomic mass is 9.50. The second-order valence-corrected chi connectivity index (χ2v) is 9.06. The number of carbonyl (C=O) groups excluding carboxylic acids is 1. The van der Waals surface area contributed by atoms with E-state index in [0.29, 0.717) is 12.2 Å². The molecule has 3 aromatic rings. The van der Waals surface area contributed by atoms with E-state index < -0.39 is 11.3 Å². The van der Waals surface area contributed by atoms with E-state index in [1.807, 2.05) is 44.2 Å². The second-order valence-electron chi connectivity index (χ2n) is 9.06. The van der Waals surface area contributed by atoms with E-state index in [0.717, 1.165) is 40.9 Å². The van der Waals surface area contributed by atoms with Gasteiger partial charge < -0.3 is 5.11 Å². The van der Waals surface area contributed by atoms with Crippen molar-refractivity contribution in [2.45, 2.75) is 38.5 Å². The first-order chi connectivity index (χ1) is 15.5. The molecule has 5 heteroatoms. The number of ketones is 1. The van der Waals surface area contributed by atoms with Crippen molar-refractivity contribution in [2.24, 2.45) is 17.8 Å². The van der Waals surface area contributed by atoms with Crippen molar-refractivity contribution < 1.29 is 9.90 Å². The summed E-state index contributed by atoms with van der Waals surface area (Å²) in [6.45, 7) is 3.86. The Balaban J connectivity index is 1.82. The molecule has 2 aromatic carbocycles. The molecule has 1 heterocycles. The van der Waals surface area contributed by atoms with E-state index in [9.17, 15) is 15.2 Å². The monoisotopic (exact) mass is 423 g/mol. The van der Waals surface area contributed by atoms with E-state index >= 15 is 0 Å². The zero-order valence-electron chi connectivity index (χ0n) is 18.2. The van der Waals surface area contributed by atoms with Crippen LogP contribution in [-0.2, 0) is 16.6 Å². The third-order valence-electron chi connectivity index (χ3n) is 7.37. The third-order valence-corrected chi connectivity index (χ3v) is 7.37. The van der Waals surface area contributed by atoms with Gasteiger partial charge in [0, 0.05) is 22.5 Å². The Bertz CT molecular complexity index is 1250. The van der Waals surface area contributed by atoms with Crippen molar-refractivity contribution in [1.29, 1.82) is 5.26 Å². The Labute approximate surface area is 187 Å². The van der Waals surface area contributed by atoms with Gasteiger partial charge in [0.15, 0.2) is 5.78 Å². The summed E-state index contributed by atoms with van der Waals surface area (Å²) in [5.74, 6) is 0.0805. The maximum absolute atomic E-state index is 13.0. The van der Waals surface area contributed by atoms with Crippen LogP contribution in [-0.4, -0.2) is 20.9 Å². The van der Waals surface area contributed by atoms with Gasteiger partial charge in [0.05, 0.1) is 17.5 Å². The number of nitriles is 1. The van der Waals surface area contributed by atoms with E-state index in [1.165, 1.54) is 0 Å². The van der Waals surface area contributed by atoms with Crippen molar-refractivity contribution in [2.75, 3.05) is 0 Å². The van der Waals surface area contributed by atoms with Crippen LogP contribution in [0.15, 0.2) is 54.6 Å². The number of carbonyl (C=O) groups is 1. The smallest absolute Gasteiger partial charge is 0.153 e. The lowest BCUT2D eigenvalue weighted by Gasteiger charge is -2.51. The van der Waals surface area contributed by atoms with E-state index in [1.54, 1.807) is 12.1 Å². The number of benzene rings is 2. The van der Waals surface area contributed by atoms with Crippen LogP contribution in [0.25, 0.3) is 11.3 Å². The Morgan fingerprint density at radius 1 is 1.12 bits per heavy atom. The molecule has 0 spiro atoms. The molecule has 2 aliphatic rings. The number of hydrogen-bond acceptors (Lipinski definition) is 5. The van der Waals surface area contributed by atoms with Crippen molar-refractivity contribution in [1.82, 2.24) is 9.97 Å². The lowest BCUT2D eigenvalue weighted by molar-refractivity contribution is -0.131. The molecular formula is C27H25N3O2. The average Bonchev–Trinajstić information content (AvgIpc) is 2.81. The van der Waals surface area contributed by atoms with Crippen LogP contribution in [0.2, 0.25) is 0 Å². The van der Waals surface area contributed by atoms with Crippen LogP contribution in [0.4, 0.5) is 0 Å². The van der Waals surface area contributed by atoms with Crippen LogP contribution in [0, 0.1) is 36.0 Å². The van der Waals surface area contributed by atoms with Crippen LogP contribution >= 0.6 is 0 Å². The number of aromatic nitrogens is 2. The van der Waals surface area contributed by atoms with Gasteiger partial charge in [-0.2, -0.15) is 5.26 Å². The number of fused-ring (bicyclic) bond motifs is 3. The molecular weight excluding hydrogens is 398 g/mol.